The second kappa shape index (κ2) is 8.28. The molecule has 1 aliphatic rings. The highest BCUT2D eigenvalue weighted by atomic mass is 32.1. The molecule has 1 atom stereocenters. The molecule has 0 fully saturated rings. The van der Waals surface area contributed by atoms with Crippen LogP contribution in [0.3, 0.4) is 0 Å². The molecule has 0 bridgehead atoms. The monoisotopic (exact) mass is 426 g/mol. The van der Waals surface area contributed by atoms with Crippen molar-refractivity contribution in [2.24, 2.45) is 0 Å². The molecular weight excluding hydrogens is 406 g/mol. The van der Waals surface area contributed by atoms with Gasteiger partial charge in [-0.3, -0.25) is 0 Å². The average Bonchev–Trinajstić information content (AvgIpc) is 2.73. The third-order valence-electron chi connectivity index (χ3n) is 4.81. The minimum atomic E-state index is -2.93. The number of fused-ring (bicyclic) bond motifs is 3. The van der Waals surface area contributed by atoms with Gasteiger partial charge >= 0.3 is 6.61 Å². The number of hydrogen-bond donors (Lipinski definition) is 1. The first-order valence-corrected chi connectivity index (χ1v) is 9.77. The van der Waals surface area contributed by atoms with Crippen molar-refractivity contribution in [2.45, 2.75) is 12.7 Å². The van der Waals surface area contributed by atoms with Crippen LogP contribution in [0.5, 0.6) is 11.5 Å². The number of hydrogen-bond acceptors (Lipinski definition) is 3. The largest absolute Gasteiger partial charge is 0.480 e. The fourth-order valence-corrected chi connectivity index (χ4v) is 3.57. The van der Waals surface area contributed by atoms with E-state index in [2.05, 4.69) is 5.32 Å². The summed E-state index contributed by atoms with van der Waals surface area (Å²) in [5.74, 6) is 0.582. The van der Waals surface area contributed by atoms with Crippen molar-refractivity contribution in [1.29, 1.82) is 0 Å². The van der Waals surface area contributed by atoms with Crippen molar-refractivity contribution in [1.82, 2.24) is 4.90 Å². The van der Waals surface area contributed by atoms with Crippen molar-refractivity contribution < 1.29 is 18.3 Å². The Morgan fingerprint density at radius 1 is 1.07 bits per heavy atom. The minimum Gasteiger partial charge on any atom is -0.480 e. The smallest absolute Gasteiger partial charge is 0.387 e. The van der Waals surface area contributed by atoms with Gasteiger partial charge in [0.25, 0.3) is 0 Å². The van der Waals surface area contributed by atoms with Crippen LogP contribution in [0, 0.1) is 0 Å². The summed E-state index contributed by atoms with van der Waals surface area (Å²) < 4.78 is 37.1. The first-order valence-electron chi connectivity index (χ1n) is 9.36. The Balaban J connectivity index is 1.86. The first-order chi connectivity index (χ1) is 14.4. The van der Waals surface area contributed by atoms with Crippen LogP contribution in [-0.2, 0) is 0 Å². The Hall–Kier alpha value is -3.19. The van der Waals surface area contributed by atoms with Gasteiger partial charge < -0.3 is 19.7 Å². The zero-order chi connectivity index (χ0) is 21.3. The molecule has 0 aliphatic carbocycles. The topological polar surface area (TPSA) is 33.7 Å². The lowest BCUT2D eigenvalue weighted by molar-refractivity contribution is -0.0496. The van der Waals surface area contributed by atoms with Crippen molar-refractivity contribution in [3.8, 4) is 22.6 Å². The second-order valence-electron chi connectivity index (χ2n) is 7.04. The highest BCUT2D eigenvalue weighted by molar-refractivity contribution is 7.80. The van der Waals surface area contributed by atoms with Crippen LogP contribution >= 0.6 is 12.2 Å². The van der Waals surface area contributed by atoms with E-state index >= 15 is 0 Å². The van der Waals surface area contributed by atoms with Crippen LogP contribution in [-0.4, -0.2) is 30.7 Å². The average molecular weight is 426 g/mol. The van der Waals surface area contributed by atoms with E-state index in [1.807, 2.05) is 62.6 Å². The predicted molar refractivity (Wildman–Crippen MR) is 117 cm³/mol. The Morgan fingerprint density at radius 3 is 2.53 bits per heavy atom. The summed E-state index contributed by atoms with van der Waals surface area (Å²) >= 11 is 5.35. The molecule has 154 valence electrons. The molecule has 1 aliphatic heterocycles. The van der Waals surface area contributed by atoms with Gasteiger partial charge in [0.2, 0.25) is 0 Å². The number of ether oxygens (including phenoxy) is 2. The molecule has 0 amide bonds. The SMILES string of the molecule is CN(C)C(=S)Nc1ccc2c(c1)C(c1ccccc1)Oc1cccc(OC(F)F)c1-2. The zero-order valence-corrected chi connectivity index (χ0v) is 17.2. The summed E-state index contributed by atoms with van der Waals surface area (Å²) in [6.07, 6.45) is -0.398. The maximum atomic E-state index is 13.0. The molecule has 3 aromatic rings. The van der Waals surface area contributed by atoms with Gasteiger partial charge in [0.15, 0.2) is 5.11 Å². The normalized spacial score (nSPS) is 14.4. The van der Waals surface area contributed by atoms with Crippen LogP contribution in [0.1, 0.15) is 17.2 Å². The van der Waals surface area contributed by atoms with Crippen LogP contribution < -0.4 is 14.8 Å². The minimum absolute atomic E-state index is 0.0831. The van der Waals surface area contributed by atoms with Crippen LogP contribution in [0.4, 0.5) is 14.5 Å². The number of benzene rings is 3. The summed E-state index contributed by atoms with van der Waals surface area (Å²) in [5, 5.41) is 3.75. The number of thiocarbonyl (C=S) groups is 1. The van der Waals surface area contributed by atoms with E-state index < -0.39 is 12.7 Å². The van der Waals surface area contributed by atoms with E-state index in [9.17, 15) is 8.78 Å². The van der Waals surface area contributed by atoms with Crippen molar-refractivity contribution in [2.75, 3.05) is 19.4 Å². The standard InChI is InChI=1S/C23H20F2N2O2S/c1-27(2)23(30)26-15-11-12-16-17(13-15)21(14-7-4-3-5-8-14)28-18-9-6-10-19(20(16)18)29-22(24)25/h3-13,21-22H,1-2H3,(H,26,30). The van der Waals surface area contributed by atoms with E-state index in [0.29, 0.717) is 16.4 Å². The van der Waals surface area contributed by atoms with Gasteiger partial charge in [-0.15, -0.1) is 0 Å². The van der Waals surface area contributed by atoms with Gasteiger partial charge in [0.05, 0.1) is 5.56 Å². The first kappa shape index (κ1) is 20.1. The number of nitrogens with one attached hydrogen (secondary N) is 1. The fourth-order valence-electron chi connectivity index (χ4n) is 3.46. The number of anilines is 1. The van der Waals surface area contributed by atoms with Gasteiger partial charge in [-0.25, -0.2) is 0 Å². The lowest BCUT2D eigenvalue weighted by Crippen LogP contribution is -2.27. The maximum Gasteiger partial charge on any atom is 0.387 e. The van der Waals surface area contributed by atoms with E-state index in [1.165, 1.54) is 6.07 Å². The number of rotatable bonds is 4. The van der Waals surface area contributed by atoms with Crippen LogP contribution in [0.15, 0.2) is 66.7 Å². The zero-order valence-electron chi connectivity index (χ0n) is 16.4. The van der Waals surface area contributed by atoms with E-state index in [1.54, 1.807) is 17.0 Å². The Kier molecular flexibility index (Phi) is 5.55. The van der Waals surface area contributed by atoms with Gasteiger partial charge in [0.1, 0.15) is 17.6 Å². The number of nitrogens with zero attached hydrogens (tertiary/aromatic N) is 1. The molecule has 0 spiro atoms. The summed E-state index contributed by atoms with van der Waals surface area (Å²) in [5.41, 5.74) is 3.87. The van der Waals surface area contributed by atoms with Gasteiger partial charge in [-0.05, 0) is 47.6 Å². The number of alkyl halides is 2. The lowest BCUT2D eigenvalue weighted by Gasteiger charge is -2.31. The third-order valence-corrected chi connectivity index (χ3v) is 5.28. The van der Waals surface area contributed by atoms with E-state index in [4.69, 9.17) is 21.7 Å². The molecule has 1 N–H and O–H groups in total. The van der Waals surface area contributed by atoms with E-state index in [-0.39, 0.29) is 5.75 Å². The molecule has 0 aromatic heterocycles. The fraction of sp³-hybridized carbons (Fsp3) is 0.174. The van der Waals surface area contributed by atoms with Crippen molar-refractivity contribution in [3.05, 3.63) is 77.9 Å². The summed E-state index contributed by atoms with van der Waals surface area (Å²) in [4.78, 5) is 1.80. The molecule has 4 nitrogen and oxygen atoms in total. The molecule has 7 heteroatoms. The molecule has 0 radical (unpaired) electrons. The highest BCUT2D eigenvalue weighted by Gasteiger charge is 2.30. The van der Waals surface area contributed by atoms with Crippen molar-refractivity contribution >= 4 is 23.0 Å². The predicted octanol–water partition coefficient (Wildman–Crippen LogP) is 5.70. The molecule has 3 aromatic carbocycles. The van der Waals surface area contributed by atoms with Gasteiger partial charge in [-0.1, -0.05) is 42.5 Å². The highest BCUT2D eigenvalue weighted by Crippen LogP contribution is 2.49. The summed E-state index contributed by atoms with van der Waals surface area (Å²) in [6.45, 7) is -2.93. The molecule has 4 rings (SSSR count). The van der Waals surface area contributed by atoms with E-state index in [0.717, 1.165) is 22.4 Å². The Morgan fingerprint density at radius 2 is 1.83 bits per heavy atom. The second-order valence-corrected chi connectivity index (χ2v) is 7.43. The quantitative estimate of drug-likeness (QED) is 0.542. The Bertz CT molecular complexity index is 1070. The van der Waals surface area contributed by atoms with Gasteiger partial charge in [0, 0.05) is 25.3 Å². The molecule has 30 heavy (non-hydrogen) atoms. The molecule has 0 saturated heterocycles. The third kappa shape index (κ3) is 3.93. The molecule has 1 heterocycles. The molecule has 0 saturated carbocycles. The van der Waals surface area contributed by atoms with Crippen LogP contribution in [0.25, 0.3) is 11.1 Å². The number of halogens is 2. The Labute approximate surface area is 179 Å². The lowest BCUT2D eigenvalue weighted by atomic mass is 9.88. The van der Waals surface area contributed by atoms with Gasteiger partial charge in [-0.2, -0.15) is 8.78 Å². The summed E-state index contributed by atoms with van der Waals surface area (Å²) in [6, 6.07) is 20.4. The molecule has 1 unspecified atom stereocenters. The van der Waals surface area contributed by atoms with Crippen LogP contribution in [0.2, 0.25) is 0 Å². The van der Waals surface area contributed by atoms with Crippen molar-refractivity contribution in [3.63, 3.8) is 0 Å². The molecular formula is C23H20F2N2O2S. The maximum absolute atomic E-state index is 13.0. The summed E-state index contributed by atoms with van der Waals surface area (Å²) in [7, 11) is 3.71.